The van der Waals surface area contributed by atoms with E-state index in [2.05, 4.69) is 29.4 Å². The third kappa shape index (κ3) is 4.39. The Bertz CT molecular complexity index is 1020. The van der Waals surface area contributed by atoms with Crippen LogP contribution in [-0.4, -0.2) is 25.2 Å². The molecule has 6 heteroatoms. The zero-order chi connectivity index (χ0) is 21.8. The van der Waals surface area contributed by atoms with Crippen LogP contribution in [0.25, 0.3) is 0 Å². The lowest BCUT2D eigenvalue weighted by Gasteiger charge is -2.40. The molecule has 3 aromatic rings. The Morgan fingerprint density at radius 1 is 1.03 bits per heavy atom. The number of nitrogens with zero attached hydrogens (tertiary/aromatic N) is 2. The average Bonchev–Trinajstić information content (AvgIpc) is 3.30. The van der Waals surface area contributed by atoms with Crippen molar-refractivity contribution in [1.29, 1.82) is 0 Å². The van der Waals surface area contributed by atoms with Crippen molar-refractivity contribution in [1.82, 2.24) is 9.47 Å². The summed E-state index contributed by atoms with van der Waals surface area (Å²) in [7, 11) is 1.65. The molecule has 1 fully saturated rings. The highest BCUT2D eigenvalue weighted by Crippen LogP contribution is 2.41. The highest BCUT2D eigenvalue weighted by molar-refractivity contribution is 5.54. The first-order chi connectivity index (χ1) is 15.0. The number of hydrogen-bond donors (Lipinski definition) is 1. The van der Waals surface area contributed by atoms with E-state index in [-0.39, 0.29) is 17.7 Å². The smallest absolute Gasteiger partial charge is 0.202 e. The van der Waals surface area contributed by atoms with E-state index >= 15 is 4.39 Å². The lowest BCUT2D eigenvalue weighted by molar-refractivity contribution is 0.252. The summed E-state index contributed by atoms with van der Waals surface area (Å²) < 4.78 is 34.1. The van der Waals surface area contributed by atoms with Crippen LogP contribution in [0.1, 0.15) is 36.9 Å². The molecule has 1 aromatic heterocycles. The second kappa shape index (κ2) is 9.02. The first kappa shape index (κ1) is 21.2. The van der Waals surface area contributed by atoms with Crippen molar-refractivity contribution in [2.75, 3.05) is 25.5 Å². The molecule has 0 aliphatic carbocycles. The molecule has 1 saturated heterocycles. The number of benzene rings is 2. The van der Waals surface area contributed by atoms with Gasteiger partial charge in [-0.05, 0) is 48.9 Å². The number of aromatic nitrogens is 1. The molecular formula is C25H28F2N3O+. The molecule has 0 spiro atoms. The van der Waals surface area contributed by atoms with Gasteiger partial charge in [0.1, 0.15) is 23.4 Å². The van der Waals surface area contributed by atoms with E-state index < -0.39 is 0 Å². The number of nitrogens with one attached hydrogen (secondary N) is 1. The largest absolute Gasteiger partial charge is 0.497 e. The molecule has 0 radical (unpaired) electrons. The number of quaternary nitrogens is 1. The first-order valence-electron chi connectivity index (χ1n) is 10.7. The second-order valence-corrected chi connectivity index (χ2v) is 8.14. The molecule has 0 unspecified atom stereocenters. The molecule has 0 saturated carbocycles. The standard InChI is InChI=1S/C25H28F2N3O/c1-18(20-7-11-22(31-2)12-8-20)30(13-3-4-14-30)24-15-25(29-17-23(24)27)28-16-19-5-9-21(26)10-6-19/h5-12,15,17-18H,3-4,13-14,16H2,1-2H3,(H,28,29)/q+1/t18-/m1/s1. The van der Waals surface area contributed by atoms with Gasteiger partial charge in [-0.3, -0.25) is 4.48 Å². The van der Waals surface area contributed by atoms with Gasteiger partial charge in [0.15, 0.2) is 5.69 Å². The number of pyridine rings is 1. The van der Waals surface area contributed by atoms with E-state index in [0.29, 0.717) is 22.5 Å². The van der Waals surface area contributed by atoms with Crippen LogP contribution in [-0.2, 0) is 6.54 Å². The van der Waals surface area contributed by atoms with Crippen molar-refractivity contribution < 1.29 is 13.5 Å². The monoisotopic (exact) mass is 424 g/mol. The van der Waals surface area contributed by atoms with Gasteiger partial charge in [-0.1, -0.05) is 12.1 Å². The fourth-order valence-corrected chi connectivity index (χ4v) is 4.57. The number of hydrogen-bond acceptors (Lipinski definition) is 3. The zero-order valence-corrected chi connectivity index (χ0v) is 17.9. The normalized spacial score (nSPS) is 16.1. The molecule has 2 heterocycles. The SMILES string of the molecule is COc1ccc([C@@H](C)[N+]2(c3cc(NCc4ccc(F)cc4)ncc3F)CCCC2)cc1. The fraction of sp³-hybridized carbons (Fsp3) is 0.320. The summed E-state index contributed by atoms with van der Waals surface area (Å²) in [4.78, 5) is 4.24. The Hall–Kier alpha value is -2.99. The molecule has 31 heavy (non-hydrogen) atoms. The topological polar surface area (TPSA) is 34.1 Å². The van der Waals surface area contributed by atoms with Crippen LogP contribution in [0.15, 0.2) is 60.8 Å². The van der Waals surface area contributed by atoms with Crippen LogP contribution in [0.4, 0.5) is 20.3 Å². The fourth-order valence-electron chi connectivity index (χ4n) is 4.57. The molecule has 2 aromatic carbocycles. The maximum Gasteiger partial charge on any atom is 0.202 e. The van der Waals surface area contributed by atoms with Gasteiger partial charge in [-0.2, -0.15) is 4.39 Å². The van der Waals surface area contributed by atoms with Crippen LogP contribution < -0.4 is 14.5 Å². The van der Waals surface area contributed by atoms with Crippen LogP contribution in [0.2, 0.25) is 0 Å². The van der Waals surface area contributed by atoms with Crippen molar-refractivity contribution in [3.63, 3.8) is 0 Å². The van der Waals surface area contributed by atoms with Gasteiger partial charge < -0.3 is 10.1 Å². The zero-order valence-electron chi connectivity index (χ0n) is 17.9. The van der Waals surface area contributed by atoms with Gasteiger partial charge in [0.2, 0.25) is 5.82 Å². The maximum atomic E-state index is 15.1. The summed E-state index contributed by atoms with van der Waals surface area (Å²) in [5.74, 6) is 0.881. The summed E-state index contributed by atoms with van der Waals surface area (Å²) in [5, 5.41) is 3.26. The van der Waals surface area contributed by atoms with Crippen LogP contribution in [0, 0.1) is 11.6 Å². The molecule has 0 bridgehead atoms. The summed E-state index contributed by atoms with van der Waals surface area (Å²) in [6.07, 6.45) is 3.42. The van der Waals surface area contributed by atoms with Crippen molar-refractivity contribution in [2.45, 2.75) is 32.4 Å². The molecule has 1 atom stereocenters. The summed E-state index contributed by atoms with van der Waals surface area (Å²) in [5.41, 5.74) is 2.75. The van der Waals surface area contributed by atoms with E-state index in [0.717, 1.165) is 42.8 Å². The second-order valence-electron chi connectivity index (χ2n) is 8.14. The maximum absolute atomic E-state index is 15.1. The molecule has 1 aliphatic heterocycles. The number of anilines is 1. The minimum Gasteiger partial charge on any atom is -0.497 e. The highest BCUT2D eigenvalue weighted by atomic mass is 19.1. The van der Waals surface area contributed by atoms with Gasteiger partial charge in [-0.25, -0.2) is 9.37 Å². The minimum absolute atomic E-state index is 0.0928. The molecule has 162 valence electrons. The molecule has 4 nitrogen and oxygen atoms in total. The number of halogens is 2. The lowest BCUT2D eigenvalue weighted by atomic mass is 10.0. The lowest BCUT2D eigenvalue weighted by Crippen LogP contribution is -2.49. The van der Waals surface area contributed by atoms with Crippen molar-refractivity contribution >= 4 is 11.5 Å². The Balaban J connectivity index is 1.62. The third-order valence-corrected chi connectivity index (χ3v) is 6.41. The number of rotatable bonds is 7. The van der Waals surface area contributed by atoms with Crippen molar-refractivity contribution in [3.8, 4) is 5.75 Å². The summed E-state index contributed by atoms with van der Waals surface area (Å²) in [6.45, 7) is 4.42. The molecule has 1 aliphatic rings. The minimum atomic E-state index is -0.283. The molecule has 4 rings (SSSR count). The molecular weight excluding hydrogens is 396 g/mol. The van der Waals surface area contributed by atoms with E-state index in [1.807, 2.05) is 18.2 Å². The molecule has 0 amide bonds. The third-order valence-electron chi connectivity index (χ3n) is 6.41. The quantitative estimate of drug-likeness (QED) is 0.484. The number of ether oxygens (including phenoxy) is 1. The van der Waals surface area contributed by atoms with Gasteiger partial charge in [0.25, 0.3) is 0 Å². The number of methoxy groups -OCH3 is 1. The van der Waals surface area contributed by atoms with Gasteiger partial charge in [0, 0.05) is 31.0 Å². The Morgan fingerprint density at radius 3 is 2.35 bits per heavy atom. The van der Waals surface area contributed by atoms with Crippen molar-refractivity contribution in [3.05, 3.63) is 83.6 Å². The van der Waals surface area contributed by atoms with Gasteiger partial charge in [-0.15, -0.1) is 0 Å². The Labute approximate surface area is 182 Å². The van der Waals surface area contributed by atoms with Crippen LogP contribution in [0.5, 0.6) is 5.75 Å². The summed E-state index contributed by atoms with van der Waals surface area (Å²) in [6, 6.07) is 16.3. The van der Waals surface area contributed by atoms with Crippen LogP contribution >= 0.6 is 0 Å². The predicted molar refractivity (Wildman–Crippen MR) is 120 cm³/mol. The Morgan fingerprint density at radius 2 is 1.71 bits per heavy atom. The predicted octanol–water partition coefficient (Wildman–Crippen LogP) is 5.84. The molecule has 1 N–H and O–H groups in total. The van der Waals surface area contributed by atoms with E-state index in [1.54, 1.807) is 19.2 Å². The Kier molecular flexibility index (Phi) is 6.18. The van der Waals surface area contributed by atoms with Crippen molar-refractivity contribution in [2.24, 2.45) is 0 Å². The van der Waals surface area contributed by atoms with Gasteiger partial charge >= 0.3 is 0 Å². The summed E-state index contributed by atoms with van der Waals surface area (Å²) >= 11 is 0. The van der Waals surface area contributed by atoms with Crippen LogP contribution in [0.3, 0.4) is 0 Å². The average molecular weight is 425 g/mol. The van der Waals surface area contributed by atoms with E-state index in [1.165, 1.54) is 18.3 Å². The highest BCUT2D eigenvalue weighted by Gasteiger charge is 2.42. The number of likely N-dealkylation sites (tertiary alicyclic amines) is 1. The van der Waals surface area contributed by atoms with E-state index in [9.17, 15) is 4.39 Å². The van der Waals surface area contributed by atoms with Gasteiger partial charge in [0.05, 0.1) is 26.4 Å². The van der Waals surface area contributed by atoms with E-state index in [4.69, 9.17) is 4.74 Å². The first-order valence-corrected chi connectivity index (χ1v) is 10.7.